The lowest BCUT2D eigenvalue weighted by molar-refractivity contribution is 1.06. The lowest BCUT2D eigenvalue weighted by atomic mass is 10.6. The van der Waals surface area contributed by atoms with Crippen LogP contribution < -0.4 is 5.73 Å². The van der Waals surface area contributed by atoms with E-state index in [4.69, 9.17) is 5.73 Å². The molecule has 1 nitrogen and oxygen atoms in total. The quantitative estimate of drug-likeness (QED) is 0.579. The van der Waals surface area contributed by atoms with Crippen molar-refractivity contribution < 1.29 is 0 Å². The van der Waals surface area contributed by atoms with Crippen LogP contribution in [-0.4, -0.2) is 25.0 Å². The van der Waals surface area contributed by atoms with Crippen molar-refractivity contribution in [1.82, 2.24) is 0 Å². The van der Waals surface area contributed by atoms with Crippen molar-refractivity contribution >= 4 is 7.92 Å². The second-order valence-corrected chi connectivity index (χ2v) is 5.36. The zero-order valence-corrected chi connectivity index (χ0v) is 6.91. The molecular formula is C6H16NP. The molecular weight excluding hydrogens is 117 g/mol. The molecule has 0 heterocycles. The number of nitrogens with two attached hydrogens (primary N) is 1. The van der Waals surface area contributed by atoms with Gasteiger partial charge in [0.2, 0.25) is 0 Å². The molecule has 2 N–H and O–H groups in total. The van der Waals surface area contributed by atoms with Gasteiger partial charge in [0, 0.05) is 0 Å². The molecule has 50 valence electrons. The molecule has 0 aromatic carbocycles. The highest BCUT2D eigenvalue weighted by molar-refractivity contribution is 7.57. The van der Waals surface area contributed by atoms with Gasteiger partial charge < -0.3 is 5.73 Å². The number of hydrogen-bond donors (Lipinski definition) is 1. The largest absolute Gasteiger partial charge is 0.330 e. The highest BCUT2D eigenvalue weighted by Crippen LogP contribution is 2.34. The lowest BCUT2D eigenvalue weighted by Crippen LogP contribution is -2.06. The molecule has 0 amide bonds. The summed E-state index contributed by atoms with van der Waals surface area (Å²) in [6, 6.07) is 0. The molecule has 8 heavy (non-hydrogen) atoms. The van der Waals surface area contributed by atoms with Crippen LogP contribution in [0.4, 0.5) is 0 Å². The topological polar surface area (TPSA) is 26.0 Å². The normalized spacial score (nSPS) is 14.6. The molecule has 0 radical (unpaired) electrons. The first-order valence-corrected chi connectivity index (χ1v) is 5.13. The third kappa shape index (κ3) is 3.40. The molecule has 0 fully saturated rings. The van der Waals surface area contributed by atoms with Crippen molar-refractivity contribution in [2.24, 2.45) is 5.73 Å². The van der Waals surface area contributed by atoms with E-state index in [0.29, 0.717) is 0 Å². The van der Waals surface area contributed by atoms with Crippen molar-refractivity contribution in [3.05, 3.63) is 0 Å². The summed E-state index contributed by atoms with van der Waals surface area (Å²) < 4.78 is 0. The maximum Gasteiger partial charge on any atom is -0.00378 e. The predicted molar refractivity (Wildman–Crippen MR) is 41.9 cm³/mol. The maximum atomic E-state index is 5.38. The van der Waals surface area contributed by atoms with E-state index in [1.807, 2.05) is 0 Å². The Morgan fingerprint density at radius 2 is 2.00 bits per heavy atom. The summed E-state index contributed by atoms with van der Waals surface area (Å²) in [4.78, 5) is 0. The second kappa shape index (κ2) is 4.29. The van der Waals surface area contributed by atoms with Gasteiger partial charge in [-0.25, -0.2) is 0 Å². The molecule has 0 aromatic rings. The molecule has 0 aliphatic heterocycles. The predicted octanol–water partition coefficient (Wildman–Crippen LogP) is 1.47. The van der Waals surface area contributed by atoms with Crippen LogP contribution in [0.15, 0.2) is 0 Å². The van der Waals surface area contributed by atoms with Crippen LogP contribution in [0.2, 0.25) is 0 Å². The molecule has 0 saturated carbocycles. The second-order valence-electron chi connectivity index (χ2n) is 2.36. The summed E-state index contributed by atoms with van der Waals surface area (Å²) in [5, 5.41) is 0. The van der Waals surface area contributed by atoms with E-state index in [2.05, 4.69) is 20.5 Å². The van der Waals surface area contributed by atoms with Crippen LogP contribution in [0, 0.1) is 0 Å². The Kier molecular flexibility index (Phi) is 4.50. The average Bonchev–Trinajstić information content (AvgIpc) is 1.67. The van der Waals surface area contributed by atoms with Gasteiger partial charge in [-0.3, -0.25) is 0 Å². The van der Waals surface area contributed by atoms with Crippen LogP contribution in [-0.2, 0) is 0 Å². The van der Waals surface area contributed by atoms with E-state index < -0.39 is 0 Å². The average molecular weight is 133 g/mol. The van der Waals surface area contributed by atoms with Crippen LogP contribution >= 0.6 is 7.92 Å². The van der Waals surface area contributed by atoms with E-state index in [-0.39, 0.29) is 7.92 Å². The smallest absolute Gasteiger partial charge is 0.00378 e. The van der Waals surface area contributed by atoms with Crippen molar-refractivity contribution in [3.8, 4) is 0 Å². The highest BCUT2D eigenvalue weighted by Gasteiger charge is 2.02. The summed E-state index contributed by atoms with van der Waals surface area (Å²) in [6.45, 7) is 7.70. The van der Waals surface area contributed by atoms with E-state index in [1.165, 1.54) is 6.16 Å². The maximum absolute atomic E-state index is 5.38. The number of rotatable bonds is 3. The first-order valence-electron chi connectivity index (χ1n) is 3.08. The molecule has 0 aliphatic carbocycles. The Bertz CT molecular complexity index is 54.5. The van der Waals surface area contributed by atoms with Gasteiger partial charge in [0.05, 0.1) is 0 Å². The molecule has 0 aliphatic rings. The minimum Gasteiger partial charge on any atom is -0.330 e. The summed E-state index contributed by atoms with van der Waals surface area (Å²) in [7, 11) is 0.235. The van der Waals surface area contributed by atoms with E-state index in [9.17, 15) is 0 Å². The lowest BCUT2D eigenvalue weighted by Gasteiger charge is -2.13. The van der Waals surface area contributed by atoms with E-state index in [0.717, 1.165) is 12.2 Å². The molecule has 0 spiro atoms. The fraction of sp³-hybridized carbons (Fsp3) is 1.00. The van der Waals surface area contributed by atoms with Crippen LogP contribution in [0.5, 0.6) is 0 Å². The molecule has 1 unspecified atom stereocenters. The first-order chi connectivity index (χ1) is 3.68. The molecule has 0 aromatic heterocycles. The van der Waals surface area contributed by atoms with E-state index >= 15 is 0 Å². The third-order valence-corrected chi connectivity index (χ3v) is 4.09. The Morgan fingerprint density at radius 1 is 1.50 bits per heavy atom. The monoisotopic (exact) mass is 133 g/mol. The first kappa shape index (κ1) is 8.39. The Labute approximate surface area is 53.4 Å². The summed E-state index contributed by atoms with van der Waals surface area (Å²) >= 11 is 0. The number of hydrogen-bond acceptors (Lipinski definition) is 1. The minimum atomic E-state index is 0.235. The third-order valence-electron chi connectivity index (χ3n) is 1.36. The zero-order chi connectivity index (χ0) is 6.57. The Morgan fingerprint density at radius 3 is 2.12 bits per heavy atom. The van der Waals surface area contributed by atoms with Gasteiger partial charge in [-0.1, -0.05) is 13.8 Å². The summed E-state index contributed by atoms with van der Waals surface area (Å²) in [5.41, 5.74) is 6.24. The van der Waals surface area contributed by atoms with Gasteiger partial charge in [-0.2, -0.15) is 0 Å². The minimum absolute atomic E-state index is 0.235. The van der Waals surface area contributed by atoms with Gasteiger partial charge in [0.25, 0.3) is 0 Å². The molecule has 1 atom stereocenters. The highest BCUT2D eigenvalue weighted by atomic mass is 31.1. The molecule has 0 bridgehead atoms. The van der Waals surface area contributed by atoms with Crippen LogP contribution in [0.25, 0.3) is 0 Å². The van der Waals surface area contributed by atoms with Crippen molar-refractivity contribution in [2.75, 3.05) is 19.4 Å². The van der Waals surface area contributed by atoms with Gasteiger partial charge >= 0.3 is 0 Å². The van der Waals surface area contributed by atoms with Crippen molar-refractivity contribution in [2.45, 2.75) is 19.5 Å². The van der Waals surface area contributed by atoms with Crippen LogP contribution in [0.3, 0.4) is 0 Å². The Hall–Kier alpha value is 0.390. The fourth-order valence-electron chi connectivity index (χ4n) is 0.462. The van der Waals surface area contributed by atoms with Crippen molar-refractivity contribution in [3.63, 3.8) is 0 Å². The molecule has 0 saturated heterocycles. The Balaban J connectivity index is 3.17. The van der Waals surface area contributed by atoms with Gasteiger partial charge in [-0.15, -0.1) is 7.92 Å². The molecule has 2 heteroatoms. The van der Waals surface area contributed by atoms with Gasteiger partial charge in [-0.05, 0) is 25.0 Å². The van der Waals surface area contributed by atoms with Gasteiger partial charge in [0.15, 0.2) is 0 Å². The summed E-state index contributed by atoms with van der Waals surface area (Å²) in [6.07, 6.45) is 1.23. The van der Waals surface area contributed by atoms with Gasteiger partial charge in [0.1, 0.15) is 0 Å². The van der Waals surface area contributed by atoms with Crippen molar-refractivity contribution in [1.29, 1.82) is 0 Å². The van der Waals surface area contributed by atoms with Crippen LogP contribution in [0.1, 0.15) is 13.8 Å². The fourth-order valence-corrected chi connectivity index (χ4v) is 1.39. The standard InChI is InChI=1S/C6H16NP/c1-6(2)8(3)5-4-7/h6H,4-5,7H2,1-3H3. The van der Waals surface area contributed by atoms with E-state index in [1.54, 1.807) is 0 Å². The summed E-state index contributed by atoms with van der Waals surface area (Å²) in [5.74, 6) is 0. The SMILES string of the molecule is CC(C)P(C)CCN. The zero-order valence-electron chi connectivity index (χ0n) is 6.02. The molecule has 0 rings (SSSR count).